The smallest absolute Gasteiger partial charge is 0.222 e. The van der Waals surface area contributed by atoms with Crippen LogP contribution in [0.5, 0.6) is 0 Å². The molecule has 2 aliphatic carbocycles. The fraction of sp³-hybridized carbons (Fsp3) is 0.929. The SMILES string of the molecule is NCC1CCCCC1COCCC(=O)NC1CC1. The number of carbonyl (C=O) groups excluding carboxylic acids is 1. The van der Waals surface area contributed by atoms with E-state index in [0.717, 1.165) is 26.0 Å². The van der Waals surface area contributed by atoms with Gasteiger partial charge in [-0.25, -0.2) is 0 Å². The topological polar surface area (TPSA) is 64.3 Å². The van der Waals surface area contributed by atoms with Crippen molar-refractivity contribution in [1.82, 2.24) is 5.32 Å². The largest absolute Gasteiger partial charge is 0.381 e. The Balaban J connectivity index is 1.54. The predicted octanol–water partition coefficient (Wildman–Crippen LogP) is 1.44. The lowest BCUT2D eigenvalue weighted by Crippen LogP contribution is -2.31. The Morgan fingerprint density at radius 1 is 1.17 bits per heavy atom. The normalized spacial score (nSPS) is 28.1. The molecule has 0 bridgehead atoms. The Labute approximate surface area is 110 Å². The number of ether oxygens (including phenoxy) is 1. The second-order valence-electron chi connectivity index (χ2n) is 5.71. The van der Waals surface area contributed by atoms with Crippen molar-refractivity contribution in [3.05, 3.63) is 0 Å². The summed E-state index contributed by atoms with van der Waals surface area (Å²) in [7, 11) is 0. The number of carbonyl (C=O) groups is 1. The lowest BCUT2D eigenvalue weighted by Gasteiger charge is -2.30. The van der Waals surface area contributed by atoms with Gasteiger partial charge in [-0.3, -0.25) is 4.79 Å². The molecule has 0 saturated heterocycles. The molecule has 2 rings (SSSR count). The highest BCUT2D eigenvalue weighted by molar-refractivity contribution is 5.76. The van der Waals surface area contributed by atoms with Crippen LogP contribution in [-0.4, -0.2) is 31.7 Å². The van der Waals surface area contributed by atoms with Crippen LogP contribution in [-0.2, 0) is 9.53 Å². The highest BCUT2D eigenvalue weighted by atomic mass is 16.5. The Morgan fingerprint density at radius 2 is 1.89 bits per heavy atom. The summed E-state index contributed by atoms with van der Waals surface area (Å²) in [6.07, 6.45) is 7.87. The van der Waals surface area contributed by atoms with E-state index in [1.54, 1.807) is 0 Å². The van der Waals surface area contributed by atoms with Crippen molar-refractivity contribution in [2.75, 3.05) is 19.8 Å². The van der Waals surface area contributed by atoms with E-state index >= 15 is 0 Å². The molecule has 3 N–H and O–H groups in total. The summed E-state index contributed by atoms with van der Waals surface area (Å²) < 4.78 is 5.66. The fourth-order valence-corrected chi connectivity index (χ4v) is 2.74. The van der Waals surface area contributed by atoms with Gasteiger partial charge in [-0.15, -0.1) is 0 Å². The molecule has 1 amide bonds. The molecule has 2 aliphatic rings. The highest BCUT2D eigenvalue weighted by Gasteiger charge is 2.24. The molecule has 0 heterocycles. The molecule has 104 valence electrons. The minimum absolute atomic E-state index is 0.136. The van der Waals surface area contributed by atoms with Crippen LogP contribution in [0.25, 0.3) is 0 Å². The molecule has 2 fully saturated rings. The Hall–Kier alpha value is -0.610. The third-order valence-corrected chi connectivity index (χ3v) is 4.12. The molecule has 18 heavy (non-hydrogen) atoms. The molecule has 0 aliphatic heterocycles. The summed E-state index contributed by atoms with van der Waals surface area (Å²) >= 11 is 0. The first-order valence-corrected chi connectivity index (χ1v) is 7.36. The van der Waals surface area contributed by atoms with Crippen molar-refractivity contribution in [1.29, 1.82) is 0 Å². The zero-order valence-electron chi connectivity index (χ0n) is 11.2. The van der Waals surface area contributed by atoms with Crippen LogP contribution in [0.3, 0.4) is 0 Å². The summed E-state index contributed by atoms with van der Waals surface area (Å²) in [6, 6.07) is 0.456. The van der Waals surface area contributed by atoms with Crippen molar-refractivity contribution in [2.24, 2.45) is 17.6 Å². The first kappa shape index (κ1) is 13.8. The highest BCUT2D eigenvalue weighted by Crippen LogP contribution is 2.29. The summed E-state index contributed by atoms with van der Waals surface area (Å²) in [5.41, 5.74) is 5.79. The molecular weight excluding hydrogens is 228 g/mol. The maximum absolute atomic E-state index is 11.5. The van der Waals surface area contributed by atoms with E-state index in [1.165, 1.54) is 25.7 Å². The molecule has 0 aromatic carbocycles. The molecule has 2 atom stereocenters. The van der Waals surface area contributed by atoms with Crippen molar-refractivity contribution in [3.8, 4) is 0 Å². The van der Waals surface area contributed by atoms with Gasteiger partial charge in [0.2, 0.25) is 5.91 Å². The minimum Gasteiger partial charge on any atom is -0.381 e. The molecule has 0 spiro atoms. The quantitative estimate of drug-likeness (QED) is 0.676. The first-order chi connectivity index (χ1) is 8.79. The van der Waals surface area contributed by atoms with Crippen LogP contribution in [0.15, 0.2) is 0 Å². The van der Waals surface area contributed by atoms with Crippen LogP contribution < -0.4 is 11.1 Å². The molecule has 4 heteroatoms. The van der Waals surface area contributed by atoms with Crippen molar-refractivity contribution >= 4 is 5.91 Å². The van der Waals surface area contributed by atoms with Gasteiger partial charge in [-0.05, 0) is 44.1 Å². The van der Waals surface area contributed by atoms with Crippen LogP contribution >= 0.6 is 0 Å². The number of hydrogen-bond donors (Lipinski definition) is 2. The predicted molar refractivity (Wildman–Crippen MR) is 71.1 cm³/mol. The average molecular weight is 254 g/mol. The number of amides is 1. The average Bonchev–Trinajstić information content (AvgIpc) is 3.19. The minimum atomic E-state index is 0.136. The van der Waals surface area contributed by atoms with Gasteiger partial charge in [0, 0.05) is 19.1 Å². The third-order valence-electron chi connectivity index (χ3n) is 4.12. The Bertz CT molecular complexity index is 267. The molecule has 0 aromatic heterocycles. The van der Waals surface area contributed by atoms with Crippen molar-refractivity contribution < 1.29 is 9.53 Å². The van der Waals surface area contributed by atoms with E-state index in [1.807, 2.05) is 0 Å². The maximum Gasteiger partial charge on any atom is 0.222 e. The lowest BCUT2D eigenvalue weighted by molar-refractivity contribution is -0.122. The van der Waals surface area contributed by atoms with Gasteiger partial charge in [0.05, 0.1) is 6.61 Å². The summed E-state index contributed by atoms with van der Waals surface area (Å²) in [5.74, 6) is 1.37. The maximum atomic E-state index is 11.5. The van der Waals surface area contributed by atoms with Crippen molar-refractivity contribution in [3.63, 3.8) is 0 Å². The van der Waals surface area contributed by atoms with Gasteiger partial charge >= 0.3 is 0 Å². The van der Waals surface area contributed by atoms with Gasteiger partial charge < -0.3 is 15.8 Å². The molecule has 2 unspecified atom stereocenters. The molecular formula is C14H26N2O2. The van der Waals surface area contributed by atoms with E-state index in [-0.39, 0.29) is 5.91 Å². The number of rotatable bonds is 7. The van der Waals surface area contributed by atoms with Gasteiger partial charge in [0.1, 0.15) is 0 Å². The van der Waals surface area contributed by atoms with Gasteiger partial charge in [0.25, 0.3) is 0 Å². The first-order valence-electron chi connectivity index (χ1n) is 7.36. The van der Waals surface area contributed by atoms with Crippen LogP contribution in [0.1, 0.15) is 44.9 Å². The van der Waals surface area contributed by atoms with Crippen molar-refractivity contribution in [2.45, 2.75) is 51.0 Å². The lowest BCUT2D eigenvalue weighted by atomic mass is 9.80. The van der Waals surface area contributed by atoms with E-state index in [2.05, 4.69) is 5.32 Å². The monoisotopic (exact) mass is 254 g/mol. The van der Waals surface area contributed by atoms with Gasteiger partial charge in [0.15, 0.2) is 0 Å². The van der Waals surface area contributed by atoms with E-state index < -0.39 is 0 Å². The van der Waals surface area contributed by atoms with E-state index in [4.69, 9.17) is 10.5 Å². The Morgan fingerprint density at radius 3 is 2.56 bits per heavy atom. The zero-order valence-corrected chi connectivity index (χ0v) is 11.2. The third kappa shape index (κ3) is 4.58. The molecule has 0 radical (unpaired) electrons. The van der Waals surface area contributed by atoms with E-state index in [9.17, 15) is 4.79 Å². The summed E-state index contributed by atoms with van der Waals surface area (Å²) in [5, 5.41) is 2.97. The molecule has 2 saturated carbocycles. The molecule has 4 nitrogen and oxygen atoms in total. The summed E-state index contributed by atoms with van der Waals surface area (Å²) in [6.45, 7) is 2.10. The van der Waals surface area contributed by atoms with E-state index in [0.29, 0.717) is 30.9 Å². The number of hydrogen-bond acceptors (Lipinski definition) is 3. The van der Waals surface area contributed by atoms with Gasteiger partial charge in [-0.2, -0.15) is 0 Å². The number of nitrogens with two attached hydrogens (primary N) is 1. The molecule has 0 aromatic rings. The van der Waals surface area contributed by atoms with Crippen LogP contribution in [0, 0.1) is 11.8 Å². The second-order valence-corrected chi connectivity index (χ2v) is 5.71. The summed E-state index contributed by atoms with van der Waals surface area (Å²) in [4.78, 5) is 11.5. The zero-order chi connectivity index (χ0) is 12.8. The van der Waals surface area contributed by atoms with Gasteiger partial charge in [-0.1, -0.05) is 12.8 Å². The van der Waals surface area contributed by atoms with Crippen LogP contribution in [0.2, 0.25) is 0 Å². The fourth-order valence-electron chi connectivity index (χ4n) is 2.74. The second kappa shape index (κ2) is 7.10. The Kier molecular flexibility index (Phi) is 5.45. The number of nitrogens with one attached hydrogen (secondary N) is 1. The standard InChI is InChI=1S/C14H26N2O2/c15-9-11-3-1-2-4-12(11)10-18-8-7-14(17)16-13-5-6-13/h11-13H,1-10,15H2,(H,16,17). The van der Waals surface area contributed by atoms with Crippen LogP contribution in [0.4, 0.5) is 0 Å².